The van der Waals surface area contributed by atoms with E-state index in [4.69, 9.17) is 0 Å². The summed E-state index contributed by atoms with van der Waals surface area (Å²) in [6.07, 6.45) is 0. The van der Waals surface area contributed by atoms with Crippen molar-refractivity contribution < 1.29 is 13.2 Å². The lowest BCUT2D eigenvalue weighted by atomic mass is 10.2. The van der Waals surface area contributed by atoms with Crippen molar-refractivity contribution in [3.05, 3.63) is 57.7 Å². The van der Waals surface area contributed by atoms with E-state index in [2.05, 4.69) is 5.32 Å². The normalized spacial score (nSPS) is 11.8. The number of fused-ring (bicyclic) bond motifs is 1. The van der Waals surface area contributed by atoms with Crippen LogP contribution in [-0.2, 0) is 17.3 Å². The monoisotopic (exact) mass is 420 g/mol. The second kappa shape index (κ2) is 7.38. The Bertz CT molecular complexity index is 1190. The van der Waals surface area contributed by atoms with Crippen molar-refractivity contribution in [1.82, 2.24) is 8.87 Å². The number of hydrogen-bond donors (Lipinski definition) is 1. The van der Waals surface area contributed by atoms with E-state index in [9.17, 15) is 18.0 Å². The molecule has 1 heterocycles. The summed E-state index contributed by atoms with van der Waals surface area (Å²) >= 11 is 1.12. The molecule has 0 unspecified atom stereocenters. The summed E-state index contributed by atoms with van der Waals surface area (Å²) in [5, 5.41) is 2.79. The van der Waals surface area contributed by atoms with Gasteiger partial charge >= 0.3 is 15.1 Å². The Labute approximate surface area is 166 Å². The van der Waals surface area contributed by atoms with E-state index in [1.807, 2.05) is 0 Å². The zero-order chi connectivity index (χ0) is 20.6. The molecule has 0 aliphatic carbocycles. The summed E-state index contributed by atoms with van der Waals surface area (Å²) in [5.74, 6) is -0.327. The molecule has 0 aliphatic rings. The quantitative estimate of drug-likeness (QED) is 0.684. The van der Waals surface area contributed by atoms with Gasteiger partial charge in [0, 0.05) is 39.4 Å². The second-order valence-electron chi connectivity index (χ2n) is 6.37. The lowest BCUT2D eigenvalue weighted by Gasteiger charge is -2.23. The number of anilines is 2. The van der Waals surface area contributed by atoms with Crippen LogP contribution >= 0.6 is 11.3 Å². The molecule has 3 rings (SSSR count). The highest BCUT2D eigenvalue weighted by Gasteiger charge is 2.21. The number of rotatable bonds is 5. The molecule has 1 amide bonds. The summed E-state index contributed by atoms with van der Waals surface area (Å²) in [6, 6.07) is 11.5. The van der Waals surface area contributed by atoms with Crippen molar-refractivity contribution in [3.8, 4) is 0 Å². The molecule has 8 nitrogen and oxygen atoms in total. The number of thiazole rings is 1. The van der Waals surface area contributed by atoms with Crippen molar-refractivity contribution in [2.75, 3.05) is 30.8 Å². The molecule has 1 aromatic heterocycles. The molecule has 0 atom stereocenters. The maximum Gasteiger partial charge on any atom is 0.307 e. The fourth-order valence-electron chi connectivity index (χ4n) is 2.62. The highest BCUT2D eigenvalue weighted by atomic mass is 32.2. The zero-order valence-electron chi connectivity index (χ0n) is 15.8. The Morgan fingerprint density at radius 3 is 2.32 bits per heavy atom. The average Bonchev–Trinajstić information content (AvgIpc) is 2.94. The lowest BCUT2D eigenvalue weighted by Crippen LogP contribution is -2.37. The van der Waals surface area contributed by atoms with Gasteiger partial charge in [0.25, 0.3) is 5.91 Å². The first-order valence-electron chi connectivity index (χ1n) is 8.28. The molecule has 2 aromatic carbocycles. The first-order chi connectivity index (χ1) is 13.1. The van der Waals surface area contributed by atoms with E-state index in [0.29, 0.717) is 16.9 Å². The molecule has 0 bridgehead atoms. The van der Waals surface area contributed by atoms with Gasteiger partial charge in [-0.3, -0.25) is 13.9 Å². The van der Waals surface area contributed by atoms with E-state index in [-0.39, 0.29) is 10.8 Å². The van der Waals surface area contributed by atoms with Crippen LogP contribution in [0, 0.1) is 0 Å². The van der Waals surface area contributed by atoms with Crippen LogP contribution in [0.5, 0.6) is 0 Å². The highest BCUT2D eigenvalue weighted by molar-refractivity contribution is 7.90. The van der Waals surface area contributed by atoms with Crippen molar-refractivity contribution >= 4 is 49.0 Å². The van der Waals surface area contributed by atoms with Gasteiger partial charge < -0.3 is 9.88 Å². The van der Waals surface area contributed by atoms with Crippen LogP contribution in [0.3, 0.4) is 0 Å². The van der Waals surface area contributed by atoms with Gasteiger partial charge in [-0.1, -0.05) is 11.3 Å². The third-order valence-electron chi connectivity index (χ3n) is 4.35. The second-order valence-corrected chi connectivity index (χ2v) is 9.54. The van der Waals surface area contributed by atoms with Gasteiger partial charge in [-0.2, -0.15) is 12.7 Å². The van der Waals surface area contributed by atoms with Crippen molar-refractivity contribution in [2.45, 2.75) is 0 Å². The maximum absolute atomic E-state index is 12.5. The van der Waals surface area contributed by atoms with Gasteiger partial charge in [0.15, 0.2) is 0 Å². The number of carbonyl (C=O) groups excluding carboxylic acids is 1. The molecular weight excluding hydrogens is 400 g/mol. The molecule has 0 saturated carbocycles. The number of aryl methyl sites for hydroxylation is 1. The first-order valence-corrected chi connectivity index (χ1v) is 10.5. The highest BCUT2D eigenvalue weighted by Crippen LogP contribution is 2.22. The summed E-state index contributed by atoms with van der Waals surface area (Å²) < 4.78 is 28.9. The number of nitrogens with one attached hydrogen (secondary N) is 1. The third-order valence-corrected chi connectivity index (χ3v) is 7.17. The number of nitrogens with zero attached hydrogens (tertiary/aromatic N) is 3. The SMILES string of the molecule is CN(C)S(=O)(=O)N(C)c1ccc(C(=O)Nc2ccc3c(c2)sc(=O)n3C)cc1. The zero-order valence-corrected chi connectivity index (χ0v) is 17.5. The van der Waals surface area contributed by atoms with Crippen LogP contribution in [0.1, 0.15) is 10.4 Å². The molecular formula is C18H20N4O4S2. The minimum atomic E-state index is -3.59. The van der Waals surface area contributed by atoms with Crippen molar-refractivity contribution in [3.63, 3.8) is 0 Å². The molecule has 0 spiro atoms. The third kappa shape index (κ3) is 3.66. The van der Waals surface area contributed by atoms with Crippen LogP contribution < -0.4 is 14.5 Å². The van der Waals surface area contributed by atoms with Crippen LogP contribution in [0.4, 0.5) is 11.4 Å². The van der Waals surface area contributed by atoms with Crippen molar-refractivity contribution in [1.29, 1.82) is 0 Å². The Morgan fingerprint density at radius 2 is 1.71 bits per heavy atom. The van der Waals surface area contributed by atoms with Crippen LogP contribution in [0.2, 0.25) is 0 Å². The van der Waals surface area contributed by atoms with Crippen LogP contribution in [0.25, 0.3) is 10.2 Å². The Balaban J connectivity index is 1.79. The topological polar surface area (TPSA) is 91.7 Å². The van der Waals surface area contributed by atoms with Gasteiger partial charge in [-0.15, -0.1) is 0 Å². The Hall–Kier alpha value is -2.69. The molecule has 0 radical (unpaired) electrons. The average molecular weight is 421 g/mol. The minimum Gasteiger partial charge on any atom is -0.322 e. The summed E-state index contributed by atoms with van der Waals surface area (Å²) in [4.78, 5) is 24.2. The molecule has 28 heavy (non-hydrogen) atoms. The first kappa shape index (κ1) is 20.1. The molecule has 1 N–H and O–H groups in total. The predicted octanol–water partition coefficient (Wildman–Crippen LogP) is 2.09. The minimum absolute atomic E-state index is 0.0640. The predicted molar refractivity (Wildman–Crippen MR) is 112 cm³/mol. The number of hydrogen-bond acceptors (Lipinski definition) is 5. The maximum atomic E-state index is 12.5. The fourth-order valence-corrected chi connectivity index (χ4v) is 4.41. The molecule has 3 aromatic rings. The number of amides is 1. The molecule has 10 heteroatoms. The van der Waals surface area contributed by atoms with Gasteiger partial charge in [0.1, 0.15) is 0 Å². The van der Waals surface area contributed by atoms with E-state index in [1.54, 1.807) is 54.1 Å². The van der Waals surface area contributed by atoms with Gasteiger partial charge in [0.05, 0.1) is 15.9 Å². The summed E-state index contributed by atoms with van der Waals surface area (Å²) in [5.41, 5.74) is 2.22. The van der Waals surface area contributed by atoms with Crippen molar-refractivity contribution in [2.24, 2.45) is 7.05 Å². The Morgan fingerprint density at radius 1 is 1.07 bits per heavy atom. The smallest absolute Gasteiger partial charge is 0.307 e. The molecule has 0 fully saturated rings. The number of carbonyl (C=O) groups is 1. The molecule has 0 aliphatic heterocycles. The fraction of sp³-hybridized carbons (Fsp3) is 0.222. The summed E-state index contributed by atoms with van der Waals surface area (Å²) in [7, 11) is 2.46. The number of benzene rings is 2. The standard InChI is InChI=1S/C18H20N4O4S2/c1-20(2)28(25,26)22(4)14-8-5-12(6-9-14)17(23)19-13-7-10-15-16(11-13)27-18(24)21(15)3/h5-11H,1-4H3,(H,19,23). The Kier molecular flexibility index (Phi) is 5.28. The molecule has 148 valence electrons. The van der Waals surface area contributed by atoms with Gasteiger partial charge in [0.2, 0.25) is 0 Å². The van der Waals surface area contributed by atoms with E-state index in [1.165, 1.54) is 21.1 Å². The summed E-state index contributed by atoms with van der Waals surface area (Å²) in [6.45, 7) is 0. The van der Waals surface area contributed by atoms with E-state index < -0.39 is 10.2 Å². The lowest BCUT2D eigenvalue weighted by molar-refractivity contribution is 0.102. The van der Waals surface area contributed by atoms with Gasteiger partial charge in [-0.05, 0) is 42.5 Å². The molecule has 0 saturated heterocycles. The van der Waals surface area contributed by atoms with Crippen LogP contribution in [-0.4, -0.2) is 44.3 Å². The van der Waals surface area contributed by atoms with E-state index >= 15 is 0 Å². The number of aromatic nitrogens is 1. The van der Waals surface area contributed by atoms with E-state index in [0.717, 1.165) is 30.2 Å². The van der Waals surface area contributed by atoms with Crippen LogP contribution in [0.15, 0.2) is 47.3 Å². The van der Waals surface area contributed by atoms with Gasteiger partial charge in [-0.25, -0.2) is 0 Å². The largest absolute Gasteiger partial charge is 0.322 e.